The van der Waals surface area contributed by atoms with Gasteiger partial charge < -0.3 is 20.1 Å². The lowest BCUT2D eigenvalue weighted by Gasteiger charge is -2.32. The van der Waals surface area contributed by atoms with Crippen LogP contribution in [0.4, 0.5) is 5.69 Å². The van der Waals surface area contributed by atoms with Gasteiger partial charge in [-0.3, -0.25) is 9.59 Å². The molecule has 0 aliphatic carbocycles. The van der Waals surface area contributed by atoms with Crippen molar-refractivity contribution >= 4 is 42.3 Å². The van der Waals surface area contributed by atoms with Crippen molar-refractivity contribution in [2.75, 3.05) is 25.0 Å². The molecule has 2 amide bonds. The molecule has 1 aliphatic rings. The molecule has 1 aromatic heterocycles. The molecule has 27 heavy (non-hydrogen) atoms. The summed E-state index contributed by atoms with van der Waals surface area (Å²) in [7, 11) is 0. The molecule has 2 N–H and O–H groups in total. The fourth-order valence-electron chi connectivity index (χ4n) is 2.90. The van der Waals surface area contributed by atoms with Crippen molar-refractivity contribution in [1.29, 1.82) is 0 Å². The van der Waals surface area contributed by atoms with Crippen LogP contribution in [0.1, 0.15) is 23.7 Å². The standard InChI is InChI=1S/C18H23N5O2.2ClH/c1-14-12-23(10-7-20-14)18(25)15-3-2-4-16(11-15)21-17(24)5-8-22-9-6-19-13-22;;/h2-4,6,9,11,13-14,20H,5,7-8,10,12H2,1H3,(H,21,24);2*1H. The predicted molar refractivity (Wildman–Crippen MR) is 110 cm³/mol. The zero-order chi connectivity index (χ0) is 17.6. The molecule has 0 saturated carbocycles. The minimum atomic E-state index is -0.0888. The van der Waals surface area contributed by atoms with Gasteiger partial charge in [0.1, 0.15) is 0 Å². The van der Waals surface area contributed by atoms with E-state index in [0.717, 1.165) is 6.54 Å². The van der Waals surface area contributed by atoms with Crippen molar-refractivity contribution in [3.05, 3.63) is 48.5 Å². The van der Waals surface area contributed by atoms with Crippen molar-refractivity contribution in [3.63, 3.8) is 0 Å². The number of hydrogen-bond acceptors (Lipinski definition) is 4. The molecule has 3 rings (SSSR count). The zero-order valence-electron chi connectivity index (χ0n) is 15.1. The molecule has 2 heterocycles. The molecule has 1 aromatic carbocycles. The van der Waals surface area contributed by atoms with Crippen LogP contribution in [-0.2, 0) is 11.3 Å². The number of carbonyl (C=O) groups excluding carboxylic acids is 2. The van der Waals surface area contributed by atoms with Crippen molar-refractivity contribution in [2.45, 2.75) is 25.9 Å². The molecular weight excluding hydrogens is 389 g/mol. The smallest absolute Gasteiger partial charge is 0.254 e. The number of benzene rings is 1. The van der Waals surface area contributed by atoms with E-state index < -0.39 is 0 Å². The van der Waals surface area contributed by atoms with Gasteiger partial charge in [0.15, 0.2) is 0 Å². The number of nitrogens with one attached hydrogen (secondary N) is 2. The Morgan fingerprint density at radius 1 is 1.33 bits per heavy atom. The van der Waals surface area contributed by atoms with Gasteiger partial charge in [0, 0.05) is 62.3 Å². The molecule has 0 spiro atoms. The number of amides is 2. The second kappa shape index (κ2) is 10.9. The van der Waals surface area contributed by atoms with Crippen molar-refractivity contribution in [3.8, 4) is 0 Å². The van der Waals surface area contributed by atoms with Gasteiger partial charge in [0.2, 0.25) is 5.91 Å². The largest absolute Gasteiger partial charge is 0.337 e. The third kappa shape index (κ3) is 6.53. The number of rotatable bonds is 5. The van der Waals surface area contributed by atoms with Gasteiger partial charge in [-0.15, -0.1) is 24.8 Å². The first-order valence-electron chi connectivity index (χ1n) is 8.50. The Labute approximate surface area is 171 Å². The van der Waals surface area contributed by atoms with Crippen LogP contribution in [0.2, 0.25) is 0 Å². The van der Waals surface area contributed by atoms with E-state index in [9.17, 15) is 9.59 Å². The van der Waals surface area contributed by atoms with Gasteiger partial charge in [0.05, 0.1) is 6.33 Å². The molecule has 1 saturated heterocycles. The molecule has 2 aromatic rings. The molecule has 0 radical (unpaired) electrons. The van der Waals surface area contributed by atoms with Crippen LogP contribution in [0.25, 0.3) is 0 Å². The van der Waals surface area contributed by atoms with Gasteiger partial charge in [-0.2, -0.15) is 0 Å². The quantitative estimate of drug-likeness (QED) is 0.786. The van der Waals surface area contributed by atoms with Crippen LogP contribution in [0, 0.1) is 0 Å². The van der Waals surface area contributed by atoms with E-state index in [1.165, 1.54) is 0 Å². The number of nitrogens with zero attached hydrogens (tertiary/aromatic N) is 3. The molecule has 7 nitrogen and oxygen atoms in total. The predicted octanol–water partition coefficient (Wildman–Crippen LogP) is 2.19. The molecular formula is C18H25Cl2N5O2. The van der Waals surface area contributed by atoms with Crippen LogP contribution in [-0.4, -0.2) is 51.9 Å². The maximum atomic E-state index is 12.6. The van der Waals surface area contributed by atoms with Crippen LogP contribution < -0.4 is 10.6 Å². The van der Waals surface area contributed by atoms with E-state index in [-0.39, 0.29) is 36.6 Å². The molecule has 9 heteroatoms. The normalized spacial score (nSPS) is 16.0. The first-order chi connectivity index (χ1) is 12.1. The lowest BCUT2D eigenvalue weighted by atomic mass is 10.1. The molecule has 1 unspecified atom stereocenters. The third-order valence-corrected chi connectivity index (χ3v) is 4.21. The highest BCUT2D eigenvalue weighted by molar-refractivity contribution is 5.97. The highest BCUT2D eigenvalue weighted by Crippen LogP contribution is 2.14. The molecule has 1 atom stereocenters. The second-order valence-corrected chi connectivity index (χ2v) is 6.29. The molecule has 1 aliphatic heterocycles. The number of hydrogen-bond donors (Lipinski definition) is 2. The van der Waals surface area contributed by atoms with Crippen LogP contribution in [0.15, 0.2) is 43.0 Å². The van der Waals surface area contributed by atoms with Crippen LogP contribution >= 0.6 is 24.8 Å². The summed E-state index contributed by atoms with van der Waals surface area (Å²) in [6, 6.07) is 7.42. The molecule has 1 fully saturated rings. The Morgan fingerprint density at radius 3 is 2.85 bits per heavy atom. The Bertz CT molecular complexity index is 739. The van der Waals surface area contributed by atoms with E-state index in [1.54, 1.807) is 36.8 Å². The Kier molecular flexibility index (Phi) is 9.28. The van der Waals surface area contributed by atoms with Gasteiger partial charge in [-0.1, -0.05) is 6.07 Å². The van der Waals surface area contributed by atoms with E-state index in [4.69, 9.17) is 0 Å². The van der Waals surface area contributed by atoms with Crippen LogP contribution in [0.5, 0.6) is 0 Å². The summed E-state index contributed by atoms with van der Waals surface area (Å²) in [5.74, 6) is -0.0861. The zero-order valence-corrected chi connectivity index (χ0v) is 16.8. The third-order valence-electron chi connectivity index (χ3n) is 4.21. The minimum absolute atomic E-state index is 0. The number of aromatic nitrogens is 2. The number of aryl methyl sites for hydroxylation is 1. The molecule has 148 valence electrons. The summed E-state index contributed by atoms with van der Waals surface area (Å²) in [5, 5.41) is 6.18. The van der Waals surface area contributed by atoms with Crippen molar-refractivity contribution in [1.82, 2.24) is 19.8 Å². The summed E-state index contributed by atoms with van der Waals surface area (Å²) in [6.07, 6.45) is 5.54. The highest BCUT2D eigenvalue weighted by atomic mass is 35.5. The summed E-state index contributed by atoms with van der Waals surface area (Å²) in [6.45, 7) is 4.84. The molecule has 0 bridgehead atoms. The van der Waals surface area contributed by atoms with Crippen LogP contribution in [0.3, 0.4) is 0 Å². The first kappa shape index (κ1) is 23.0. The summed E-state index contributed by atoms with van der Waals surface area (Å²) in [4.78, 5) is 30.5. The summed E-state index contributed by atoms with van der Waals surface area (Å²) >= 11 is 0. The van der Waals surface area contributed by atoms with Crippen molar-refractivity contribution in [2.24, 2.45) is 0 Å². The number of anilines is 1. The number of imidazole rings is 1. The van der Waals surface area contributed by atoms with E-state index in [0.29, 0.717) is 43.3 Å². The summed E-state index contributed by atoms with van der Waals surface area (Å²) < 4.78 is 1.85. The maximum Gasteiger partial charge on any atom is 0.254 e. The van der Waals surface area contributed by atoms with E-state index in [2.05, 4.69) is 22.5 Å². The highest BCUT2D eigenvalue weighted by Gasteiger charge is 2.21. The van der Waals surface area contributed by atoms with Gasteiger partial charge in [0.25, 0.3) is 5.91 Å². The van der Waals surface area contributed by atoms with Gasteiger partial charge >= 0.3 is 0 Å². The number of piperazine rings is 1. The lowest BCUT2D eigenvalue weighted by molar-refractivity contribution is -0.116. The van der Waals surface area contributed by atoms with Gasteiger partial charge in [-0.05, 0) is 25.1 Å². The fourth-order valence-corrected chi connectivity index (χ4v) is 2.90. The number of carbonyl (C=O) groups is 2. The number of halogens is 2. The van der Waals surface area contributed by atoms with Crippen molar-refractivity contribution < 1.29 is 9.59 Å². The first-order valence-corrected chi connectivity index (χ1v) is 8.50. The van der Waals surface area contributed by atoms with E-state index >= 15 is 0 Å². The Morgan fingerprint density at radius 2 is 2.15 bits per heavy atom. The Hall–Kier alpha value is -2.09. The lowest BCUT2D eigenvalue weighted by Crippen LogP contribution is -2.51. The van der Waals surface area contributed by atoms with Gasteiger partial charge in [-0.25, -0.2) is 4.98 Å². The topological polar surface area (TPSA) is 79.3 Å². The average Bonchev–Trinajstić information content (AvgIpc) is 3.13. The maximum absolute atomic E-state index is 12.6. The SMILES string of the molecule is CC1CN(C(=O)c2cccc(NC(=O)CCn3ccnc3)c2)CCN1.Cl.Cl. The average molecular weight is 414 g/mol. The van der Waals surface area contributed by atoms with E-state index in [1.807, 2.05) is 15.7 Å². The summed E-state index contributed by atoms with van der Waals surface area (Å²) in [5.41, 5.74) is 1.24. The fraction of sp³-hybridized carbons (Fsp3) is 0.389. The monoisotopic (exact) mass is 413 g/mol. The second-order valence-electron chi connectivity index (χ2n) is 6.29. The minimum Gasteiger partial charge on any atom is -0.337 e. The Balaban J connectivity index is 0.00000182.